The molecule has 0 atom stereocenters. The average molecular weight is 295 g/mol. The van der Waals surface area contributed by atoms with E-state index in [9.17, 15) is 0 Å². The fourth-order valence-corrected chi connectivity index (χ4v) is 3.99. The second kappa shape index (κ2) is 5.88. The van der Waals surface area contributed by atoms with Crippen molar-refractivity contribution in [2.75, 3.05) is 31.6 Å². The predicted octanol–water partition coefficient (Wildman–Crippen LogP) is 3.60. The van der Waals surface area contributed by atoms with E-state index >= 15 is 0 Å². The van der Waals surface area contributed by atoms with Crippen LogP contribution in [0.2, 0.25) is 0 Å². The summed E-state index contributed by atoms with van der Waals surface area (Å²) in [5, 5.41) is 1.32. The van der Waals surface area contributed by atoms with Crippen LogP contribution in [0.15, 0.2) is 24.4 Å². The molecule has 2 aromatic rings. The van der Waals surface area contributed by atoms with E-state index in [0.29, 0.717) is 0 Å². The van der Waals surface area contributed by atoms with Crippen LogP contribution in [-0.4, -0.2) is 36.6 Å². The quantitative estimate of drug-likeness (QED) is 0.844. The van der Waals surface area contributed by atoms with Crippen LogP contribution < -0.4 is 4.90 Å². The first-order chi connectivity index (χ1) is 10.8. The number of aryl methyl sites for hydroxylation is 1. The van der Waals surface area contributed by atoms with Crippen LogP contribution in [0.4, 0.5) is 5.69 Å². The molecular formula is C19H25N3. The lowest BCUT2D eigenvalue weighted by Gasteiger charge is -2.29. The summed E-state index contributed by atoms with van der Waals surface area (Å²) in [5.41, 5.74) is 5.37. The molecule has 0 bridgehead atoms. The lowest BCUT2D eigenvalue weighted by molar-refractivity contribution is 0.221. The molecule has 22 heavy (non-hydrogen) atoms. The fraction of sp³-hybridized carbons (Fsp3) is 0.526. The third-order valence-electron chi connectivity index (χ3n) is 5.16. The first-order valence-corrected chi connectivity index (χ1v) is 8.65. The lowest BCUT2D eigenvalue weighted by atomic mass is 9.99. The molecule has 2 aliphatic rings. The van der Waals surface area contributed by atoms with Crippen molar-refractivity contribution in [2.45, 2.75) is 38.6 Å². The van der Waals surface area contributed by atoms with Crippen molar-refractivity contribution in [2.24, 2.45) is 0 Å². The average Bonchev–Trinajstić information content (AvgIpc) is 2.55. The number of piperidine rings is 1. The molecule has 1 fully saturated rings. The van der Waals surface area contributed by atoms with Crippen LogP contribution in [0.5, 0.6) is 0 Å². The van der Waals surface area contributed by atoms with Crippen LogP contribution in [0.25, 0.3) is 10.9 Å². The maximum absolute atomic E-state index is 4.74. The number of hydrogen-bond donors (Lipinski definition) is 0. The SMILES string of the molecule is CN1CCCc2cnc3cc(CN4CCCCC4)ccc3c21. The Kier molecular flexibility index (Phi) is 3.75. The third-order valence-corrected chi connectivity index (χ3v) is 5.16. The Morgan fingerprint density at radius 1 is 1.05 bits per heavy atom. The number of fused-ring (bicyclic) bond motifs is 3. The number of benzene rings is 1. The highest BCUT2D eigenvalue weighted by atomic mass is 15.1. The second-order valence-electron chi connectivity index (χ2n) is 6.85. The molecule has 116 valence electrons. The highest BCUT2D eigenvalue weighted by molar-refractivity contribution is 5.93. The van der Waals surface area contributed by atoms with Gasteiger partial charge in [-0.15, -0.1) is 0 Å². The van der Waals surface area contributed by atoms with E-state index in [1.54, 1.807) is 0 Å². The normalized spacial score (nSPS) is 19.4. The van der Waals surface area contributed by atoms with E-state index in [4.69, 9.17) is 4.98 Å². The third kappa shape index (κ3) is 2.58. The zero-order chi connectivity index (χ0) is 14.9. The summed E-state index contributed by atoms with van der Waals surface area (Å²) < 4.78 is 0. The number of nitrogens with zero attached hydrogens (tertiary/aromatic N) is 3. The van der Waals surface area contributed by atoms with Gasteiger partial charge < -0.3 is 4.90 Å². The molecular weight excluding hydrogens is 270 g/mol. The van der Waals surface area contributed by atoms with Crippen molar-refractivity contribution in [1.82, 2.24) is 9.88 Å². The van der Waals surface area contributed by atoms with Crippen molar-refractivity contribution < 1.29 is 0 Å². The zero-order valence-corrected chi connectivity index (χ0v) is 13.5. The van der Waals surface area contributed by atoms with E-state index in [-0.39, 0.29) is 0 Å². The smallest absolute Gasteiger partial charge is 0.0726 e. The van der Waals surface area contributed by atoms with Gasteiger partial charge >= 0.3 is 0 Å². The van der Waals surface area contributed by atoms with E-state index in [1.807, 2.05) is 0 Å². The predicted molar refractivity (Wildman–Crippen MR) is 92.5 cm³/mol. The van der Waals surface area contributed by atoms with Gasteiger partial charge in [-0.2, -0.15) is 0 Å². The number of hydrogen-bond acceptors (Lipinski definition) is 3. The highest BCUT2D eigenvalue weighted by Crippen LogP contribution is 2.33. The molecule has 0 saturated carbocycles. The molecule has 1 aromatic carbocycles. The van der Waals surface area contributed by atoms with E-state index < -0.39 is 0 Å². The van der Waals surface area contributed by atoms with Gasteiger partial charge in [-0.25, -0.2) is 0 Å². The standard InChI is InChI=1S/C19H25N3/c1-21-9-5-6-16-13-20-18-12-15(7-8-17(18)19(16)21)14-22-10-3-2-4-11-22/h7-8,12-13H,2-6,9-11,14H2,1H3. The first-order valence-electron chi connectivity index (χ1n) is 8.65. The Hall–Kier alpha value is -1.61. The number of rotatable bonds is 2. The first kappa shape index (κ1) is 14.0. The van der Waals surface area contributed by atoms with E-state index in [1.165, 1.54) is 61.0 Å². The largest absolute Gasteiger partial charge is 0.374 e. The summed E-state index contributed by atoms with van der Waals surface area (Å²) in [6, 6.07) is 6.90. The maximum atomic E-state index is 4.74. The minimum Gasteiger partial charge on any atom is -0.374 e. The minimum absolute atomic E-state index is 1.07. The molecule has 0 aliphatic carbocycles. The van der Waals surface area contributed by atoms with E-state index in [0.717, 1.165) is 25.0 Å². The molecule has 2 aliphatic heterocycles. The van der Waals surface area contributed by atoms with Crippen LogP contribution in [0, 0.1) is 0 Å². The summed E-state index contributed by atoms with van der Waals surface area (Å²) in [6.45, 7) is 4.73. The van der Waals surface area contributed by atoms with Gasteiger partial charge in [0.2, 0.25) is 0 Å². The van der Waals surface area contributed by atoms with Crippen LogP contribution >= 0.6 is 0 Å². The monoisotopic (exact) mass is 295 g/mol. The van der Waals surface area contributed by atoms with Crippen molar-refractivity contribution in [3.63, 3.8) is 0 Å². The number of pyridine rings is 1. The van der Waals surface area contributed by atoms with Gasteiger partial charge in [-0.1, -0.05) is 18.6 Å². The highest BCUT2D eigenvalue weighted by Gasteiger charge is 2.18. The van der Waals surface area contributed by atoms with Gasteiger partial charge in [0.1, 0.15) is 0 Å². The van der Waals surface area contributed by atoms with E-state index in [2.05, 4.69) is 41.2 Å². The summed E-state index contributed by atoms with van der Waals surface area (Å²) in [7, 11) is 2.21. The molecule has 1 aromatic heterocycles. The molecule has 0 N–H and O–H groups in total. The minimum atomic E-state index is 1.07. The Bertz CT molecular complexity index is 674. The Morgan fingerprint density at radius 2 is 1.91 bits per heavy atom. The molecule has 0 spiro atoms. The van der Waals surface area contributed by atoms with Crippen molar-refractivity contribution in [3.05, 3.63) is 35.5 Å². The molecule has 0 radical (unpaired) electrons. The molecule has 3 heteroatoms. The molecule has 0 amide bonds. The number of aromatic nitrogens is 1. The second-order valence-corrected chi connectivity index (χ2v) is 6.85. The topological polar surface area (TPSA) is 19.4 Å². The van der Waals surface area contributed by atoms with Crippen LogP contribution in [0.3, 0.4) is 0 Å². The summed E-state index contributed by atoms with van der Waals surface area (Å²) in [4.78, 5) is 9.71. The Labute approximate surface area is 132 Å². The van der Waals surface area contributed by atoms with Gasteiger partial charge in [0, 0.05) is 31.7 Å². The molecule has 4 rings (SSSR count). The lowest BCUT2D eigenvalue weighted by Crippen LogP contribution is -2.29. The van der Waals surface area contributed by atoms with Crippen molar-refractivity contribution in [1.29, 1.82) is 0 Å². The summed E-state index contributed by atoms with van der Waals surface area (Å²) in [6.07, 6.45) is 8.60. The Balaban J connectivity index is 1.66. The van der Waals surface area contributed by atoms with Crippen LogP contribution in [-0.2, 0) is 13.0 Å². The van der Waals surface area contributed by atoms with Gasteiger partial charge in [0.25, 0.3) is 0 Å². The summed E-state index contributed by atoms with van der Waals surface area (Å²) in [5.74, 6) is 0. The summed E-state index contributed by atoms with van der Waals surface area (Å²) >= 11 is 0. The zero-order valence-electron chi connectivity index (χ0n) is 13.5. The van der Waals surface area contributed by atoms with Crippen LogP contribution in [0.1, 0.15) is 36.8 Å². The molecule has 3 heterocycles. The van der Waals surface area contributed by atoms with Crippen molar-refractivity contribution in [3.8, 4) is 0 Å². The van der Waals surface area contributed by atoms with Crippen molar-refractivity contribution >= 4 is 16.6 Å². The number of likely N-dealkylation sites (tertiary alicyclic amines) is 1. The maximum Gasteiger partial charge on any atom is 0.0726 e. The van der Waals surface area contributed by atoms with Gasteiger partial charge in [0.15, 0.2) is 0 Å². The molecule has 0 unspecified atom stereocenters. The van der Waals surface area contributed by atoms with Gasteiger partial charge in [-0.3, -0.25) is 9.88 Å². The van der Waals surface area contributed by atoms with Gasteiger partial charge in [-0.05, 0) is 56.0 Å². The molecule has 1 saturated heterocycles. The molecule has 3 nitrogen and oxygen atoms in total. The number of anilines is 1. The fourth-order valence-electron chi connectivity index (χ4n) is 3.99. The van der Waals surface area contributed by atoms with Gasteiger partial charge in [0.05, 0.1) is 11.2 Å². The Morgan fingerprint density at radius 3 is 2.77 bits per heavy atom.